The van der Waals surface area contributed by atoms with Crippen molar-refractivity contribution >= 4 is 28.6 Å². The maximum Gasteiger partial charge on any atom is 0.335 e. The Labute approximate surface area is 133 Å². The van der Waals surface area contributed by atoms with E-state index in [2.05, 4.69) is 32.8 Å². The average molecular weight is 392 g/mol. The van der Waals surface area contributed by atoms with Crippen LogP contribution >= 0.6 is 22.6 Å². The van der Waals surface area contributed by atoms with Gasteiger partial charge in [-0.15, -0.1) is 10.2 Å². The van der Waals surface area contributed by atoms with Crippen molar-refractivity contribution < 1.29 is 14.3 Å². The van der Waals surface area contributed by atoms with Crippen molar-refractivity contribution in [2.24, 2.45) is 0 Å². The van der Waals surface area contributed by atoms with E-state index in [9.17, 15) is 4.79 Å². The number of benzene rings is 2. The summed E-state index contributed by atoms with van der Waals surface area (Å²) >= 11 is 2.22. The lowest BCUT2D eigenvalue weighted by atomic mass is 10.1. The first-order chi connectivity index (χ1) is 10.1. The van der Waals surface area contributed by atoms with E-state index in [4.69, 9.17) is 9.52 Å². The van der Waals surface area contributed by atoms with Gasteiger partial charge in [0.15, 0.2) is 0 Å². The molecular formula is C15H9IN2O3. The quantitative estimate of drug-likeness (QED) is 0.688. The Morgan fingerprint density at radius 1 is 1.00 bits per heavy atom. The molecule has 0 aliphatic rings. The second kappa shape index (κ2) is 5.65. The van der Waals surface area contributed by atoms with E-state index < -0.39 is 5.97 Å². The number of nitrogens with zero attached hydrogens (tertiary/aromatic N) is 2. The zero-order chi connectivity index (χ0) is 14.8. The standard InChI is InChI=1S/C15H9IN2O3/c16-12-6-4-9(5-7-12)13-17-18-14(21-13)10-2-1-3-11(8-10)15(19)20/h1-8H,(H,19,20). The second-order valence-corrected chi connectivity index (χ2v) is 5.55. The first-order valence-corrected chi connectivity index (χ1v) is 7.14. The first-order valence-electron chi connectivity index (χ1n) is 6.06. The minimum atomic E-state index is -0.991. The highest BCUT2D eigenvalue weighted by Crippen LogP contribution is 2.24. The number of carboxylic acid groups (broad SMARTS) is 1. The molecule has 0 fully saturated rings. The Kier molecular flexibility index (Phi) is 3.70. The first kappa shape index (κ1) is 13.7. The van der Waals surface area contributed by atoms with Crippen LogP contribution in [0.4, 0.5) is 0 Å². The van der Waals surface area contributed by atoms with Gasteiger partial charge in [-0.2, -0.15) is 0 Å². The van der Waals surface area contributed by atoms with Gasteiger partial charge in [0.05, 0.1) is 5.56 Å². The minimum absolute atomic E-state index is 0.182. The summed E-state index contributed by atoms with van der Waals surface area (Å²) in [6, 6.07) is 14.1. The van der Waals surface area contributed by atoms with Gasteiger partial charge in [-0.25, -0.2) is 4.79 Å². The summed E-state index contributed by atoms with van der Waals surface area (Å²) < 4.78 is 6.73. The summed E-state index contributed by atoms with van der Waals surface area (Å²) in [5, 5.41) is 17.0. The molecule has 0 spiro atoms. The molecular weight excluding hydrogens is 383 g/mol. The molecule has 21 heavy (non-hydrogen) atoms. The highest BCUT2D eigenvalue weighted by molar-refractivity contribution is 14.1. The van der Waals surface area contributed by atoms with E-state index in [0.29, 0.717) is 17.3 Å². The van der Waals surface area contributed by atoms with Crippen molar-refractivity contribution in [1.29, 1.82) is 0 Å². The summed E-state index contributed by atoms with van der Waals surface area (Å²) in [4.78, 5) is 11.0. The van der Waals surface area contributed by atoms with Crippen LogP contribution in [-0.2, 0) is 0 Å². The zero-order valence-corrected chi connectivity index (χ0v) is 12.8. The molecule has 0 saturated heterocycles. The zero-order valence-electron chi connectivity index (χ0n) is 10.7. The van der Waals surface area contributed by atoms with Gasteiger partial charge in [0.2, 0.25) is 11.8 Å². The fourth-order valence-electron chi connectivity index (χ4n) is 1.83. The molecule has 104 valence electrons. The number of rotatable bonds is 3. The highest BCUT2D eigenvalue weighted by atomic mass is 127. The molecule has 5 nitrogen and oxygen atoms in total. The second-order valence-electron chi connectivity index (χ2n) is 4.31. The van der Waals surface area contributed by atoms with E-state index in [0.717, 1.165) is 9.13 Å². The third-order valence-corrected chi connectivity index (χ3v) is 3.59. The van der Waals surface area contributed by atoms with Crippen LogP contribution in [0.3, 0.4) is 0 Å². The largest absolute Gasteiger partial charge is 0.478 e. The van der Waals surface area contributed by atoms with Gasteiger partial charge >= 0.3 is 5.97 Å². The van der Waals surface area contributed by atoms with Crippen LogP contribution in [-0.4, -0.2) is 21.3 Å². The monoisotopic (exact) mass is 392 g/mol. The predicted molar refractivity (Wildman–Crippen MR) is 84.8 cm³/mol. The molecule has 6 heteroatoms. The molecule has 0 aliphatic heterocycles. The SMILES string of the molecule is O=C(O)c1cccc(-c2nnc(-c3ccc(I)cc3)o2)c1. The normalized spacial score (nSPS) is 10.5. The molecule has 1 aromatic heterocycles. The van der Waals surface area contributed by atoms with Crippen molar-refractivity contribution in [2.75, 3.05) is 0 Å². The lowest BCUT2D eigenvalue weighted by Gasteiger charge is -1.97. The van der Waals surface area contributed by atoms with Gasteiger partial charge in [-0.3, -0.25) is 0 Å². The Bertz CT molecular complexity index is 797. The molecule has 0 bridgehead atoms. The molecule has 1 N–H and O–H groups in total. The molecule has 0 amide bonds. The maximum atomic E-state index is 11.0. The molecule has 1 heterocycles. The number of hydrogen-bond acceptors (Lipinski definition) is 4. The van der Waals surface area contributed by atoms with Crippen molar-refractivity contribution in [2.45, 2.75) is 0 Å². The fraction of sp³-hybridized carbons (Fsp3) is 0. The molecule has 0 atom stereocenters. The molecule has 3 aromatic rings. The molecule has 2 aromatic carbocycles. The Balaban J connectivity index is 1.96. The molecule has 0 radical (unpaired) electrons. The fourth-order valence-corrected chi connectivity index (χ4v) is 2.19. The molecule has 3 rings (SSSR count). The van der Waals surface area contributed by atoms with Gasteiger partial charge in [0.1, 0.15) is 0 Å². The number of carboxylic acids is 1. The summed E-state index contributed by atoms with van der Waals surface area (Å²) in [6.07, 6.45) is 0. The molecule has 0 aliphatic carbocycles. The molecule has 0 unspecified atom stereocenters. The summed E-state index contributed by atoms with van der Waals surface area (Å²) in [7, 11) is 0. The topological polar surface area (TPSA) is 76.2 Å². The van der Waals surface area contributed by atoms with Crippen molar-refractivity contribution in [3.63, 3.8) is 0 Å². The van der Waals surface area contributed by atoms with Crippen LogP contribution in [0.5, 0.6) is 0 Å². The highest BCUT2D eigenvalue weighted by Gasteiger charge is 2.12. The third-order valence-electron chi connectivity index (χ3n) is 2.87. The van der Waals surface area contributed by atoms with Crippen LogP contribution in [0.25, 0.3) is 22.9 Å². The summed E-state index contributed by atoms with van der Waals surface area (Å²) in [6.45, 7) is 0. The van der Waals surface area contributed by atoms with E-state index in [-0.39, 0.29) is 5.56 Å². The van der Waals surface area contributed by atoms with Crippen molar-refractivity contribution in [1.82, 2.24) is 10.2 Å². The summed E-state index contributed by atoms with van der Waals surface area (Å²) in [5.41, 5.74) is 1.59. The van der Waals surface area contributed by atoms with Gasteiger partial charge in [0.25, 0.3) is 0 Å². The Hall–Kier alpha value is -2.22. The summed E-state index contributed by atoms with van der Waals surface area (Å²) in [5.74, 6) is -0.289. The van der Waals surface area contributed by atoms with Gasteiger partial charge in [0, 0.05) is 14.7 Å². The van der Waals surface area contributed by atoms with Crippen LogP contribution in [0.15, 0.2) is 52.9 Å². The van der Waals surface area contributed by atoms with Gasteiger partial charge in [-0.05, 0) is 65.1 Å². The van der Waals surface area contributed by atoms with E-state index in [1.54, 1.807) is 12.1 Å². The van der Waals surface area contributed by atoms with Crippen molar-refractivity contribution in [3.05, 3.63) is 57.7 Å². The lowest BCUT2D eigenvalue weighted by molar-refractivity contribution is 0.0697. The lowest BCUT2D eigenvalue weighted by Crippen LogP contribution is -1.95. The third kappa shape index (κ3) is 2.94. The van der Waals surface area contributed by atoms with Crippen LogP contribution in [0, 0.1) is 3.57 Å². The average Bonchev–Trinajstić information content (AvgIpc) is 2.98. The number of aromatic nitrogens is 2. The predicted octanol–water partition coefficient (Wildman–Crippen LogP) is 3.71. The minimum Gasteiger partial charge on any atom is -0.478 e. The van der Waals surface area contributed by atoms with E-state index in [1.807, 2.05) is 24.3 Å². The van der Waals surface area contributed by atoms with Crippen LogP contribution < -0.4 is 0 Å². The van der Waals surface area contributed by atoms with Crippen LogP contribution in [0.1, 0.15) is 10.4 Å². The number of hydrogen-bond donors (Lipinski definition) is 1. The van der Waals surface area contributed by atoms with Crippen LogP contribution in [0.2, 0.25) is 0 Å². The Morgan fingerprint density at radius 2 is 1.67 bits per heavy atom. The molecule has 0 saturated carbocycles. The number of aromatic carboxylic acids is 1. The van der Waals surface area contributed by atoms with E-state index >= 15 is 0 Å². The van der Waals surface area contributed by atoms with Gasteiger partial charge in [-0.1, -0.05) is 6.07 Å². The Morgan fingerprint density at radius 3 is 2.33 bits per heavy atom. The smallest absolute Gasteiger partial charge is 0.335 e. The number of halogens is 1. The maximum absolute atomic E-state index is 11.0. The number of carbonyl (C=O) groups is 1. The van der Waals surface area contributed by atoms with Gasteiger partial charge < -0.3 is 9.52 Å². The van der Waals surface area contributed by atoms with E-state index in [1.165, 1.54) is 12.1 Å². The van der Waals surface area contributed by atoms with Crippen molar-refractivity contribution in [3.8, 4) is 22.9 Å².